The molecule has 0 bridgehead atoms. The molecule has 92 valence electrons. The molecule has 1 saturated carbocycles. The number of hydrogen-bond acceptors (Lipinski definition) is 1. The summed E-state index contributed by atoms with van der Waals surface area (Å²) >= 11 is 3.56. The Hall–Kier alpha value is -0.340. The SMILES string of the molecule is CCC1(CNC2CCc3cc(Br)ccc32)CC1. The Morgan fingerprint density at radius 1 is 1.41 bits per heavy atom. The molecule has 2 heteroatoms. The van der Waals surface area contributed by atoms with E-state index in [4.69, 9.17) is 0 Å². The lowest BCUT2D eigenvalue weighted by Crippen LogP contribution is -2.26. The Morgan fingerprint density at radius 3 is 2.94 bits per heavy atom. The lowest BCUT2D eigenvalue weighted by molar-refractivity contribution is 0.403. The molecule has 17 heavy (non-hydrogen) atoms. The molecule has 2 aliphatic rings. The Bertz CT molecular complexity index is 423. The van der Waals surface area contributed by atoms with Crippen molar-refractivity contribution in [3.05, 3.63) is 33.8 Å². The van der Waals surface area contributed by atoms with Crippen LogP contribution >= 0.6 is 15.9 Å². The van der Waals surface area contributed by atoms with Crippen LogP contribution in [0, 0.1) is 5.41 Å². The Balaban J connectivity index is 1.67. The fourth-order valence-electron chi connectivity index (χ4n) is 2.97. The van der Waals surface area contributed by atoms with Gasteiger partial charge in [-0.15, -0.1) is 0 Å². The first-order valence-electron chi connectivity index (χ1n) is 6.74. The fraction of sp³-hybridized carbons (Fsp3) is 0.600. The van der Waals surface area contributed by atoms with Gasteiger partial charge in [0.1, 0.15) is 0 Å². The number of halogens is 1. The van der Waals surface area contributed by atoms with Gasteiger partial charge in [0.15, 0.2) is 0 Å². The minimum Gasteiger partial charge on any atom is -0.309 e. The van der Waals surface area contributed by atoms with Gasteiger partial charge < -0.3 is 5.32 Å². The molecule has 0 saturated heterocycles. The van der Waals surface area contributed by atoms with Crippen LogP contribution in [0.2, 0.25) is 0 Å². The van der Waals surface area contributed by atoms with Gasteiger partial charge in [-0.25, -0.2) is 0 Å². The molecule has 0 amide bonds. The maximum atomic E-state index is 3.80. The molecule has 0 radical (unpaired) electrons. The van der Waals surface area contributed by atoms with Crippen molar-refractivity contribution in [2.45, 2.75) is 45.1 Å². The predicted molar refractivity (Wildman–Crippen MR) is 75.2 cm³/mol. The summed E-state index contributed by atoms with van der Waals surface area (Å²) in [7, 11) is 0. The van der Waals surface area contributed by atoms with Crippen LogP contribution in [-0.2, 0) is 6.42 Å². The molecule has 1 N–H and O–H groups in total. The van der Waals surface area contributed by atoms with Gasteiger partial charge in [-0.3, -0.25) is 0 Å². The van der Waals surface area contributed by atoms with E-state index in [1.807, 2.05) is 0 Å². The van der Waals surface area contributed by atoms with Gasteiger partial charge in [0.05, 0.1) is 0 Å². The fourth-order valence-corrected chi connectivity index (χ4v) is 3.38. The summed E-state index contributed by atoms with van der Waals surface area (Å²) in [6.45, 7) is 3.54. The van der Waals surface area contributed by atoms with Crippen molar-refractivity contribution in [2.75, 3.05) is 6.54 Å². The molecule has 0 aliphatic heterocycles. The van der Waals surface area contributed by atoms with Crippen molar-refractivity contribution in [3.8, 4) is 0 Å². The van der Waals surface area contributed by atoms with E-state index in [1.165, 1.54) is 54.2 Å². The van der Waals surface area contributed by atoms with Crippen molar-refractivity contribution < 1.29 is 0 Å². The number of rotatable bonds is 4. The van der Waals surface area contributed by atoms with E-state index in [9.17, 15) is 0 Å². The van der Waals surface area contributed by atoms with E-state index >= 15 is 0 Å². The van der Waals surface area contributed by atoms with Crippen LogP contribution in [0.1, 0.15) is 49.8 Å². The summed E-state index contributed by atoms with van der Waals surface area (Å²) in [6.07, 6.45) is 6.68. The summed E-state index contributed by atoms with van der Waals surface area (Å²) < 4.78 is 1.21. The first-order valence-corrected chi connectivity index (χ1v) is 7.53. The minimum atomic E-state index is 0.599. The second kappa shape index (κ2) is 4.40. The van der Waals surface area contributed by atoms with Crippen LogP contribution in [0.15, 0.2) is 22.7 Å². The van der Waals surface area contributed by atoms with E-state index in [-0.39, 0.29) is 0 Å². The first-order chi connectivity index (χ1) is 8.22. The molecule has 1 fully saturated rings. The highest BCUT2D eigenvalue weighted by molar-refractivity contribution is 9.10. The second-order valence-corrected chi connectivity index (χ2v) is 6.58. The third-order valence-corrected chi connectivity index (χ3v) is 5.11. The first kappa shape index (κ1) is 11.7. The van der Waals surface area contributed by atoms with Crippen molar-refractivity contribution in [3.63, 3.8) is 0 Å². The van der Waals surface area contributed by atoms with Crippen LogP contribution in [0.5, 0.6) is 0 Å². The van der Waals surface area contributed by atoms with Gasteiger partial charge in [0.2, 0.25) is 0 Å². The zero-order valence-electron chi connectivity index (χ0n) is 10.4. The van der Waals surface area contributed by atoms with Crippen LogP contribution in [0.25, 0.3) is 0 Å². The Morgan fingerprint density at radius 2 is 2.24 bits per heavy atom. The maximum Gasteiger partial charge on any atom is 0.0326 e. The van der Waals surface area contributed by atoms with Crippen molar-refractivity contribution in [1.82, 2.24) is 5.32 Å². The van der Waals surface area contributed by atoms with Crippen molar-refractivity contribution >= 4 is 15.9 Å². The zero-order chi connectivity index (χ0) is 11.9. The highest BCUT2D eigenvalue weighted by atomic mass is 79.9. The van der Waals surface area contributed by atoms with E-state index < -0.39 is 0 Å². The standard InChI is InChI=1S/C15H20BrN/c1-2-15(7-8-15)10-17-14-6-3-11-9-12(16)4-5-13(11)14/h4-5,9,14,17H,2-3,6-8,10H2,1H3. The number of fused-ring (bicyclic) bond motifs is 1. The average Bonchev–Trinajstić information content (AvgIpc) is 3.02. The van der Waals surface area contributed by atoms with Crippen LogP contribution < -0.4 is 5.32 Å². The summed E-state index contributed by atoms with van der Waals surface area (Å²) in [5.41, 5.74) is 3.70. The largest absolute Gasteiger partial charge is 0.309 e. The van der Waals surface area contributed by atoms with Gasteiger partial charge in [0, 0.05) is 17.1 Å². The number of nitrogens with one attached hydrogen (secondary N) is 1. The quantitative estimate of drug-likeness (QED) is 0.877. The van der Waals surface area contributed by atoms with Crippen LogP contribution in [-0.4, -0.2) is 6.54 Å². The molecular formula is C15H20BrN. The third kappa shape index (κ3) is 2.30. The summed E-state index contributed by atoms with van der Waals surface area (Å²) in [5.74, 6) is 0. The van der Waals surface area contributed by atoms with E-state index in [0.717, 1.165) is 0 Å². The number of benzene rings is 1. The molecule has 1 atom stereocenters. The molecule has 2 aliphatic carbocycles. The summed E-state index contributed by atoms with van der Waals surface area (Å²) in [5, 5.41) is 3.80. The highest BCUT2D eigenvalue weighted by Gasteiger charge is 2.40. The maximum absolute atomic E-state index is 3.80. The molecule has 0 aromatic heterocycles. The van der Waals surface area contributed by atoms with E-state index in [2.05, 4.69) is 46.4 Å². The molecule has 3 rings (SSSR count). The molecular weight excluding hydrogens is 274 g/mol. The lowest BCUT2D eigenvalue weighted by atomic mass is 10.0. The topological polar surface area (TPSA) is 12.0 Å². The Kier molecular flexibility index (Phi) is 3.04. The average molecular weight is 294 g/mol. The molecule has 1 nitrogen and oxygen atoms in total. The lowest BCUT2D eigenvalue weighted by Gasteiger charge is -2.19. The monoisotopic (exact) mass is 293 g/mol. The Labute approximate surface area is 112 Å². The smallest absolute Gasteiger partial charge is 0.0326 e. The summed E-state index contributed by atoms with van der Waals surface area (Å²) in [4.78, 5) is 0. The van der Waals surface area contributed by atoms with Crippen LogP contribution in [0.3, 0.4) is 0 Å². The van der Waals surface area contributed by atoms with Gasteiger partial charge in [-0.05, 0) is 60.8 Å². The second-order valence-electron chi connectivity index (χ2n) is 5.67. The van der Waals surface area contributed by atoms with Gasteiger partial charge in [0.25, 0.3) is 0 Å². The third-order valence-electron chi connectivity index (χ3n) is 4.61. The molecule has 1 aromatic rings. The molecule has 1 aromatic carbocycles. The highest BCUT2D eigenvalue weighted by Crippen LogP contribution is 2.48. The molecule has 0 heterocycles. The number of hydrogen-bond donors (Lipinski definition) is 1. The van der Waals surface area contributed by atoms with Crippen LogP contribution in [0.4, 0.5) is 0 Å². The molecule has 0 spiro atoms. The minimum absolute atomic E-state index is 0.599. The van der Waals surface area contributed by atoms with Gasteiger partial charge in [-0.1, -0.05) is 28.9 Å². The summed E-state index contributed by atoms with van der Waals surface area (Å²) in [6, 6.07) is 7.34. The van der Waals surface area contributed by atoms with Gasteiger partial charge in [-0.2, -0.15) is 0 Å². The zero-order valence-corrected chi connectivity index (χ0v) is 12.0. The molecule has 1 unspecified atom stereocenters. The van der Waals surface area contributed by atoms with E-state index in [1.54, 1.807) is 0 Å². The normalized spacial score (nSPS) is 24.7. The van der Waals surface area contributed by atoms with Crippen molar-refractivity contribution in [1.29, 1.82) is 0 Å². The van der Waals surface area contributed by atoms with Gasteiger partial charge >= 0.3 is 0 Å². The van der Waals surface area contributed by atoms with Crippen molar-refractivity contribution in [2.24, 2.45) is 5.41 Å². The van der Waals surface area contributed by atoms with E-state index in [0.29, 0.717) is 11.5 Å². The predicted octanol–water partition coefficient (Wildman–Crippen LogP) is 4.22. The number of aryl methyl sites for hydroxylation is 1.